The second kappa shape index (κ2) is 9.12. The summed E-state index contributed by atoms with van der Waals surface area (Å²) in [5.74, 6) is -0.0235. The number of amides is 1. The number of nitrogens with zero attached hydrogens (tertiary/aromatic N) is 3. The van der Waals surface area contributed by atoms with Gasteiger partial charge >= 0.3 is 0 Å². The molecule has 166 valence electrons. The van der Waals surface area contributed by atoms with Crippen LogP contribution in [-0.4, -0.2) is 32.0 Å². The van der Waals surface area contributed by atoms with E-state index in [4.69, 9.17) is 12.2 Å². The monoisotopic (exact) mass is 447 g/mol. The van der Waals surface area contributed by atoms with E-state index in [2.05, 4.69) is 51.2 Å². The lowest BCUT2D eigenvalue weighted by molar-refractivity contribution is -0.116. The van der Waals surface area contributed by atoms with Crippen LogP contribution >= 0.6 is 12.2 Å². The number of rotatable bonds is 6. The summed E-state index contributed by atoms with van der Waals surface area (Å²) >= 11 is 5.71. The van der Waals surface area contributed by atoms with E-state index >= 15 is 0 Å². The maximum atomic E-state index is 12.8. The van der Waals surface area contributed by atoms with Gasteiger partial charge in [-0.2, -0.15) is 0 Å². The summed E-state index contributed by atoms with van der Waals surface area (Å²) in [6.45, 7) is 6.62. The van der Waals surface area contributed by atoms with Crippen LogP contribution in [-0.2, 0) is 11.8 Å². The van der Waals surface area contributed by atoms with Crippen LogP contribution in [0.2, 0.25) is 0 Å². The standard InChI is InChI=1S/C25H29N5OS/c1-16-8-9-17(2)20(15-16)27-22(31)12-14-30-24(21-11-10-18(3)29(21)4)23(28-25(30)32)19-7-5-6-13-26-19/h5-11,13,15,23-24H,12,14H2,1-4H3,(H,27,31)(H,28,32). The summed E-state index contributed by atoms with van der Waals surface area (Å²) in [6, 6.07) is 16.1. The number of nitrogens with one attached hydrogen (secondary N) is 2. The zero-order valence-electron chi connectivity index (χ0n) is 18.9. The second-order valence-corrected chi connectivity index (χ2v) is 8.78. The number of aromatic nitrogens is 2. The number of thiocarbonyl (C=S) groups is 1. The fourth-order valence-electron chi connectivity index (χ4n) is 4.20. The number of hydrogen-bond donors (Lipinski definition) is 2. The largest absolute Gasteiger partial charge is 0.352 e. The zero-order chi connectivity index (χ0) is 22.8. The van der Waals surface area contributed by atoms with E-state index in [1.165, 1.54) is 5.69 Å². The van der Waals surface area contributed by atoms with Gasteiger partial charge in [-0.25, -0.2) is 0 Å². The van der Waals surface area contributed by atoms with Gasteiger partial charge < -0.3 is 20.1 Å². The zero-order valence-corrected chi connectivity index (χ0v) is 19.7. The maximum absolute atomic E-state index is 12.8. The molecule has 32 heavy (non-hydrogen) atoms. The summed E-state index contributed by atoms with van der Waals surface area (Å²) in [7, 11) is 2.06. The molecule has 0 saturated carbocycles. The Hall–Kier alpha value is -3.19. The minimum absolute atomic E-state index is 0.0235. The molecule has 1 aliphatic rings. The van der Waals surface area contributed by atoms with Gasteiger partial charge in [-0.1, -0.05) is 18.2 Å². The predicted octanol–water partition coefficient (Wildman–Crippen LogP) is 4.35. The van der Waals surface area contributed by atoms with Crippen molar-refractivity contribution in [2.45, 2.75) is 39.3 Å². The van der Waals surface area contributed by atoms with Crippen molar-refractivity contribution in [2.24, 2.45) is 7.05 Å². The van der Waals surface area contributed by atoms with Crippen molar-refractivity contribution in [3.63, 3.8) is 0 Å². The summed E-state index contributed by atoms with van der Waals surface area (Å²) in [4.78, 5) is 19.5. The lowest BCUT2D eigenvalue weighted by Crippen LogP contribution is -2.33. The minimum atomic E-state index is -0.0845. The average Bonchev–Trinajstić information content (AvgIpc) is 3.28. The SMILES string of the molecule is Cc1ccc(C)c(NC(=O)CCN2C(=S)NC(c3ccccn3)C2c2ccc(C)n2C)c1. The van der Waals surface area contributed by atoms with Gasteiger partial charge in [-0.15, -0.1) is 0 Å². The first-order valence-corrected chi connectivity index (χ1v) is 11.2. The molecule has 3 aromatic rings. The van der Waals surface area contributed by atoms with E-state index in [9.17, 15) is 4.79 Å². The molecule has 1 amide bonds. The quantitative estimate of drug-likeness (QED) is 0.550. The molecule has 2 unspecified atom stereocenters. The summed E-state index contributed by atoms with van der Waals surface area (Å²) in [5, 5.41) is 7.14. The fraction of sp³-hybridized carbons (Fsp3) is 0.320. The lowest BCUT2D eigenvalue weighted by atomic mass is 10.0. The average molecular weight is 448 g/mol. The number of anilines is 1. The normalized spacial score (nSPS) is 18.0. The number of pyridine rings is 1. The molecule has 0 aliphatic carbocycles. The minimum Gasteiger partial charge on any atom is -0.352 e. The van der Waals surface area contributed by atoms with E-state index in [0.717, 1.165) is 28.2 Å². The Morgan fingerprint density at radius 3 is 2.66 bits per heavy atom. The molecule has 1 fully saturated rings. The van der Waals surface area contributed by atoms with Crippen LogP contribution < -0.4 is 10.6 Å². The van der Waals surface area contributed by atoms with Crippen LogP contribution in [0.25, 0.3) is 0 Å². The van der Waals surface area contributed by atoms with E-state index < -0.39 is 0 Å². The van der Waals surface area contributed by atoms with Crippen molar-refractivity contribution in [3.05, 3.63) is 82.9 Å². The van der Waals surface area contributed by atoms with Gasteiger partial charge in [0.2, 0.25) is 5.91 Å². The van der Waals surface area contributed by atoms with Gasteiger partial charge in [0.25, 0.3) is 0 Å². The van der Waals surface area contributed by atoms with E-state index in [1.54, 1.807) is 6.20 Å². The first kappa shape index (κ1) is 22.0. The fourth-order valence-corrected chi connectivity index (χ4v) is 4.54. The van der Waals surface area contributed by atoms with E-state index in [1.807, 2.05) is 50.2 Å². The molecule has 1 saturated heterocycles. The Labute approximate surface area is 194 Å². The summed E-state index contributed by atoms with van der Waals surface area (Å²) < 4.78 is 2.18. The Kier molecular flexibility index (Phi) is 6.28. The first-order chi connectivity index (χ1) is 15.3. The van der Waals surface area contributed by atoms with Gasteiger partial charge in [0.05, 0.1) is 17.8 Å². The Morgan fingerprint density at radius 2 is 1.97 bits per heavy atom. The Bertz CT molecular complexity index is 1140. The molecule has 3 heterocycles. The summed E-state index contributed by atoms with van der Waals surface area (Å²) in [6.07, 6.45) is 2.14. The molecular formula is C25H29N5OS. The van der Waals surface area contributed by atoms with Crippen LogP contribution in [0.5, 0.6) is 0 Å². The van der Waals surface area contributed by atoms with Crippen molar-refractivity contribution in [1.29, 1.82) is 0 Å². The molecule has 4 rings (SSSR count). The van der Waals surface area contributed by atoms with E-state index in [0.29, 0.717) is 18.1 Å². The van der Waals surface area contributed by atoms with Crippen LogP contribution in [0.3, 0.4) is 0 Å². The number of benzene rings is 1. The number of hydrogen-bond acceptors (Lipinski definition) is 3. The molecular weight excluding hydrogens is 418 g/mol. The third kappa shape index (κ3) is 4.39. The number of carbonyl (C=O) groups excluding carboxylic acids is 1. The van der Waals surface area contributed by atoms with Gasteiger partial charge in [0.15, 0.2) is 5.11 Å². The van der Waals surface area contributed by atoms with Crippen LogP contribution in [0.15, 0.2) is 54.7 Å². The van der Waals surface area contributed by atoms with Gasteiger partial charge in [0.1, 0.15) is 0 Å². The van der Waals surface area contributed by atoms with Crippen LogP contribution in [0, 0.1) is 20.8 Å². The molecule has 6 nitrogen and oxygen atoms in total. The predicted molar refractivity (Wildman–Crippen MR) is 131 cm³/mol. The molecule has 0 radical (unpaired) electrons. The lowest BCUT2D eigenvalue weighted by Gasteiger charge is -2.28. The van der Waals surface area contributed by atoms with E-state index in [-0.39, 0.29) is 18.0 Å². The smallest absolute Gasteiger partial charge is 0.226 e. The highest BCUT2D eigenvalue weighted by molar-refractivity contribution is 7.80. The molecule has 0 spiro atoms. The first-order valence-electron chi connectivity index (χ1n) is 10.8. The van der Waals surface area contributed by atoms with Crippen molar-refractivity contribution in [1.82, 2.24) is 19.8 Å². The van der Waals surface area contributed by atoms with Crippen molar-refractivity contribution in [2.75, 3.05) is 11.9 Å². The maximum Gasteiger partial charge on any atom is 0.226 e. The van der Waals surface area contributed by atoms with Crippen LogP contribution in [0.1, 0.15) is 46.7 Å². The van der Waals surface area contributed by atoms with Gasteiger partial charge in [-0.3, -0.25) is 9.78 Å². The molecule has 1 aromatic carbocycles. The molecule has 1 aliphatic heterocycles. The van der Waals surface area contributed by atoms with Gasteiger partial charge in [0, 0.05) is 43.3 Å². The van der Waals surface area contributed by atoms with Crippen molar-refractivity contribution < 1.29 is 4.79 Å². The summed E-state index contributed by atoms with van der Waals surface area (Å²) in [5.41, 5.74) is 6.27. The van der Waals surface area contributed by atoms with Crippen molar-refractivity contribution >= 4 is 28.9 Å². The third-order valence-corrected chi connectivity index (χ3v) is 6.51. The topological polar surface area (TPSA) is 62.2 Å². The second-order valence-electron chi connectivity index (χ2n) is 8.40. The van der Waals surface area contributed by atoms with Crippen LogP contribution in [0.4, 0.5) is 5.69 Å². The van der Waals surface area contributed by atoms with Gasteiger partial charge in [-0.05, 0) is 74.4 Å². The number of carbonyl (C=O) groups is 1. The number of aryl methyl sites for hydroxylation is 3. The molecule has 2 N–H and O–H groups in total. The highest BCUT2D eigenvalue weighted by Crippen LogP contribution is 2.39. The van der Waals surface area contributed by atoms with Crippen molar-refractivity contribution in [3.8, 4) is 0 Å². The highest BCUT2D eigenvalue weighted by Gasteiger charge is 2.41. The Balaban J connectivity index is 1.56. The highest BCUT2D eigenvalue weighted by atomic mass is 32.1. The molecule has 2 aromatic heterocycles. The molecule has 0 bridgehead atoms. The third-order valence-electron chi connectivity index (χ3n) is 6.16. The molecule has 2 atom stereocenters. The Morgan fingerprint density at radius 1 is 1.16 bits per heavy atom. The molecule has 7 heteroatoms.